The van der Waals surface area contributed by atoms with Gasteiger partial charge in [-0.05, 0) is 61.1 Å². The molecule has 162 valence electrons. The Balaban J connectivity index is 1.35. The molecule has 2 fully saturated rings. The number of rotatable bonds is 3. The van der Waals surface area contributed by atoms with Crippen LogP contribution >= 0.6 is 0 Å². The van der Waals surface area contributed by atoms with Gasteiger partial charge in [-0.3, -0.25) is 9.59 Å². The monoisotopic (exact) mass is 427 g/mol. The number of furan rings is 1. The topological polar surface area (TPSA) is 66.7 Å². The maximum atomic E-state index is 13.8. The molecule has 6 heteroatoms. The molecule has 3 aliphatic rings. The van der Waals surface area contributed by atoms with Crippen LogP contribution in [0.25, 0.3) is 22.6 Å². The summed E-state index contributed by atoms with van der Waals surface area (Å²) in [7, 11) is 0. The Morgan fingerprint density at radius 3 is 2.50 bits per heavy atom. The predicted octanol–water partition coefficient (Wildman–Crippen LogP) is 4.01. The number of hydrogen-bond donors (Lipinski definition) is 0. The van der Waals surface area contributed by atoms with Crippen molar-refractivity contribution in [2.45, 2.75) is 25.7 Å². The fraction of sp³-hybridized carbons (Fsp3) is 0.346. The molecule has 0 unspecified atom stereocenters. The number of carbonyl (C=O) groups is 2. The van der Waals surface area contributed by atoms with Crippen LogP contribution < -0.4 is 0 Å². The Hall–Kier alpha value is -3.41. The summed E-state index contributed by atoms with van der Waals surface area (Å²) in [6.45, 7) is 2.40. The van der Waals surface area contributed by atoms with Gasteiger partial charge in [-0.25, -0.2) is 4.98 Å². The van der Waals surface area contributed by atoms with Crippen molar-refractivity contribution in [1.82, 2.24) is 14.8 Å². The van der Waals surface area contributed by atoms with E-state index in [0.717, 1.165) is 64.7 Å². The van der Waals surface area contributed by atoms with E-state index < -0.39 is 0 Å². The van der Waals surface area contributed by atoms with Crippen molar-refractivity contribution in [2.75, 3.05) is 26.2 Å². The third-order valence-corrected chi connectivity index (χ3v) is 6.82. The molecule has 2 aromatic heterocycles. The number of aromatic nitrogens is 1. The van der Waals surface area contributed by atoms with Crippen molar-refractivity contribution in [3.8, 4) is 0 Å². The molecule has 3 heterocycles. The van der Waals surface area contributed by atoms with E-state index in [9.17, 15) is 9.59 Å². The van der Waals surface area contributed by atoms with Crippen LogP contribution in [-0.2, 0) is 11.2 Å². The van der Waals surface area contributed by atoms with Gasteiger partial charge < -0.3 is 14.2 Å². The van der Waals surface area contributed by atoms with E-state index in [1.807, 2.05) is 52.3 Å². The Morgan fingerprint density at radius 1 is 0.969 bits per heavy atom. The molecule has 0 bridgehead atoms. The molecule has 1 aromatic carbocycles. The summed E-state index contributed by atoms with van der Waals surface area (Å²) in [4.78, 5) is 35.0. The van der Waals surface area contributed by atoms with Crippen LogP contribution in [0.5, 0.6) is 0 Å². The fourth-order valence-electron chi connectivity index (χ4n) is 4.94. The zero-order chi connectivity index (χ0) is 21.7. The second-order valence-corrected chi connectivity index (χ2v) is 8.91. The molecule has 2 amide bonds. The molecule has 32 heavy (non-hydrogen) atoms. The summed E-state index contributed by atoms with van der Waals surface area (Å²) in [5.74, 6) is 1.34. The number of amides is 2. The van der Waals surface area contributed by atoms with Gasteiger partial charge in [-0.1, -0.05) is 18.2 Å². The molecule has 0 radical (unpaired) electrons. The minimum Gasteiger partial charge on any atom is -0.465 e. The number of hydrogen-bond acceptors (Lipinski definition) is 4. The number of pyridine rings is 1. The number of carbonyl (C=O) groups excluding carboxylic acids is 2. The minimum atomic E-state index is 0.0534. The number of fused-ring (bicyclic) bond motifs is 2. The maximum absolute atomic E-state index is 13.8. The van der Waals surface area contributed by atoms with Gasteiger partial charge in [-0.15, -0.1) is 0 Å². The van der Waals surface area contributed by atoms with E-state index in [2.05, 4.69) is 0 Å². The molecule has 6 nitrogen and oxygen atoms in total. The number of allylic oxidation sites excluding steroid dienone is 1. The summed E-state index contributed by atoms with van der Waals surface area (Å²) in [6.07, 6.45) is 7.36. The van der Waals surface area contributed by atoms with Gasteiger partial charge in [0, 0.05) is 37.5 Å². The lowest BCUT2D eigenvalue weighted by molar-refractivity contribution is -0.134. The van der Waals surface area contributed by atoms with Gasteiger partial charge in [0.1, 0.15) is 5.76 Å². The number of piperazine rings is 1. The number of nitrogens with zero attached hydrogens (tertiary/aromatic N) is 3. The van der Waals surface area contributed by atoms with E-state index in [1.54, 1.807) is 6.26 Å². The zero-order valence-corrected chi connectivity index (χ0v) is 17.9. The second kappa shape index (κ2) is 7.62. The van der Waals surface area contributed by atoms with E-state index in [0.29, 0.717) is 26.2 Å². The minimum absolute atomic E-state index is 0.0534. The molecule has 1 aliphatic heterocycles. The highest BCUT2D eigenvalue weighted by Gasteiger charge is 2.36. The molecule has 0 spiro atoms. The predicted molar refractivity (Wildman–Crippen MR) is 122 cm³/mol. The Morgan fingerprint density at radius 2 is 1.75 bits per heavy atom. The normalized spacial score (nSPS) is 19.6. The Labute approximate surface area is 186 Å². The van der Waals surface area contributed by atoms with Crippen molar-refractivity contribution in [3.05, 3.63) is 65.2 Å². The fourth-order valence-corrected chi connectivity index (χ4v) is 4.94. The van der Waals surface area contributed by atoms with Crippen LogP contribution in [0.3, 0.4) is 0 Å². The van der Waals surface area contributed by atoms with Gasteiger partial charge in [0.05, 0.1) is 23.0 Å². The zero-order valence-electron chi connectivity index (χ0n) is 17.9. The molecule has 0 atom stereocenters. The third kappa shape index (κ3) is 3.30. The quantitative estimate of drug-likeness (QED) is 0.634. The number of benzene rings is 1. The largest absolute Gasteiger partial charge is 0.465 e. The summed E-state index contributed by atoms with van der Waals surface area (Å²) in [5.41, 5.74) is 4.66. The molecule has 6 rings (SSSR count). The van der Waals surface area contributed by atoms with Crippen LogP contribution in [0.2, 0.25) is 0 Å². The molecule has 3 aromatic rings. The molecular formula is C26H25N3O3. The van der Waals surface area contributed by atoms with Gasteiger partial charge in [0.15, 0.2) is 0 Å². The SMILES string of the molecule is O=C(c1c2c(nc3ccccc13)/C(=C\c1ccco1)CC2)N1CCN(C(=O)C2CC2)CC1. The lowest BCUT2D eigenvalue weighted by Crippen LogP contribution is -2.51. The number of para-hydroxylation sites is 1. The summed E-state index contributed by atoms with van der Waals surface area (Å²) in [5, 5.41) is 0.909. The van der Waals surface area contributed by atoms with Crippen LogP contribution in [0.4, 0.5) is 0 Å². The Bertz CT molecular complexity index is 1230. The summed E-state index contributed by atoms with van der Waals surface area (Å²) in [6, 6.07) is 11.7. The van der Waals surface area contributed by atoms with Gasteiger partial charge in [0.2, 0.25) is 5.91 Å². The Kier molecular flexibility index (Phi) is 4.59. The van der Waals surface area contributed by atoms with Crippen LogP contribution in [0, 0.1) is 5.92 Å². The molecule has 0 N–H and O–H groups in total. The lowest BCUT2D eigenvalue weighted by atomic mass is 9.99. The first-order valence-corrected chi connectivity index (χ1v) is 11.4. The smallest absolute Gasteiger partial charge is 0.255 e. The van der Waals surface area contributed by atoms with Crippen molar-refractivity contribution < 1.29 is 14.0 Å². The van der Waals surface area contributed by atoms with E-state index in [-0.39, 0.29) is 17.7 Å². The second-order valence-electron chi connectivity index (χ2n) is 8.91. The summed E-state index contributed by atoms with van der Waals surface area (Å²) < 4.78 is 5.51. The van der Waals surface area contributed by atoms with Gasteiger partial charge in [0.25, 0.3) is 5.91 Å². The van der Waals surface area contributed by atoms with Crippen molar-refractivity contribution in [1.29, 1.82) is 0 Å². The van der Waals surface area contributed by atoms with E-state index in [4.69, 9.17) is 9.40 Å². The van der Waals surface area contributed by atoms with Crippen LogP contribution in [-0.4, -0.2) is 52.8 Å². The van der Waals surface area contributed by atoms with Crippen molar-refractivity contribution >= 4 is 34.4 Å². The van der Waals surface area contributed by atoms with Crippen LogP contribution in [0.1, 0.15) is 46.6 Å². The highest BCUT2D eigenvalue weighted by Crippen LogP contribution is 2.38. The molecular weight excluding hydrogens is 402 g/mol. The average Bonchev–Trinajstić information content (AvgIpc) is 3.42. The lowest BCUT2D eigenvalue weighted by Gasteiger charge is -2.35. The van der Waals surface area contributed by atoms with E-state index >= 15 is 0 Å². The highest BCUT2D eigenvalue weighted by molar-refractivity contribution is 6.09. The van der Waals surface area contributed by atoms with Gasteiger partial charge >= 0.3 is 0 Å². The van der Waals surface area contributed by atoms with Crippen molar-refractivity contribution in [3.63, 3.8) is 0 Å². The third-order valence-electron chi connectivity index (χ3n) is 6.82. The molecule has 1 saturated carbocycles. The first-order valence-electron chi connectivity index (χ1n) is 11.4. The van der Waals surface area contributed by atoms with Gasteiger partial charge in [-0.2, -0.15) is 0 Å². The maximum Gasteiger partial charge on any atom is 0.255 e. The van der Waals surface area contributed by atoms with E-state index in [1.165, 1.54) is 0 Å². The molecule has 1 saturated heterocycles. The summed E-state index contributed by atoms with van der Waals surface area (Å²) >= 11 is 0. The standard InChI is InChI=1S/C26H25N3O3/c30-25(17-7-8-17)28-11-13-29(14-12-28)26(31)23-20-5-1-2-6-22(20)27-24-18(9-10-21(23)24)16-19-4-3-15-32-19/h1-6,15-17H,7-14H2/b18-16-. The van der Waals surface area contributed by atoms with Crippen LogP contribution in [0.15, 0.2) is 47.1 Å². The molecule has 2 aliphatic carbocycles. The first kappa shape index (κ1) is 19.3. The highest BCUT2D eigenvalue weighted by atomic mass is 16.3. The van der Waals surface area contributed by atoms with Crippen molar-refractivity contribution in [2.24, 2.45) is 5.92 Å². The average molecular weight is 428 g/mol. The first-order chi connectivity index (χ1) is 15.7.